The summed E-state index contributed by atoms with van der Waals surface area (Å²) in [5, 5.41) is 8.91. The molecule has 1 heterocycles. The van der Waals surface area contributed by atoms with Crippen LogP contribution in [0.3, 0.4) is 0 Å². The Balaban J connectivity index is 3.03. The maximum Gasteiger partial charge on any atom is 0.322 e. The average Bonchev–Trinajstić information content (AvgIpc) is 2.48. The predicted molar refractivity (Wildman–Crippen MR) is 56.0 cm³/mol. The number of carboxylic acid groups (broad SMARTS) is 1. The zero-order chi connectivity index (χ0) is 11.9. The highest BCUT2D eigenvalue weighted by atomic mass is 32.2. The smallest absolute Gasteiger partial charge is 0.322 e. The second-order valence-electron chi connectivity index (χ2n) is 4.72. The number of hydrogen-bond acceptors (Lipinski definition) is 3. The Hall–Kier alpha value is -0.620. The molecule has 1 rings (SSSR count). The van der Waals surface area contributed by atoms with Gasteiger partial charge in [-0.15, -0.1) is 0 Å². The molecule has 0 aromatic carbocycles. The van der Waals surface area contributed by atoms with Crippen molar-refractivity contribution in [2.45, 2.75) is 44.4 Å². The number of carboxylic acids is 1. The van der Waals surface area contributed by atoms with E-state index in [1.54, 1.807) is 20.8 Å². The van der Waals surface area contributed by atoms with Crippen LogP contribution in [-0.2, 0) is 14.8 Å². The molecule has 1 fully saturated rings. The minimum Gasteiger partial charge on any atom is -0.480 e. The van der Waals surface area contributed by atoms with Gasteiger partial charge in [0.15, 0.2) is 0 Å². The van der Waals surface area contributed by atoms with Gasteiger partial charge in [-0.05, 0) is 33.6 Å². The zero-order valence-corrected chi connectivity index (χ0v) is 10.0. The van der Waals surface area contributed by atoms with E-state index in [2.05, 4.69) is 0 Å². The Labute approximate surface area is 90.1 Å². The fourth-order valence-electron chi connectivity index (χ4n) is 1.63. The summed E-state index contributed by atoms with van der Waals surface area (Å²) in [6.07, 6.45) is 1.02. The molecular weight excluding hydrogens is 218 g/mol. The lowest BCUT2D eigenvalue weighted by Gasteiger charge is -2.29. The van der Waals surface area contributed by atoms with Gasteiger partial charge in [-0.25, -0.2) is 8.42 Å². The summed E-state index contributed by atoms with van der Waals surface area (Å²) >= 11 is 0. The van der Waals surface area contributed by atoms with Crippen LogP contribution in [0.4, 0.5) is 0 Å². The molecule has 0 radical (unpaired) electrons. The second kappa shape index (κ2) is 3.75. The van der Waals surface area contributed by atoms with Crippen molar-refractivity contribution < 1.29 is 18.3 Å². The molecule has 1 saturated heterocycles. The number of aliphatic carboxylic acids is 1. The molecule has 5 nitrogen and oxygen atoms in total. The minimum atomic E-state index is -3.52. The Bertz CT molecular complexity index is 355. The van der Waals surface area contributed by atoms with Crippen LogP contribution in [-0.4, -0.2) is 41.1 Å². The third-order valence-electron chi connectivity index (χ3n) is 2.57. The first kappa shape index (κ1) is 12.4. The summed E-state index contributed by atoms with van der Waals surface area (Å²) in [6, 6.07) is -0.880. The van der Waals surface area contributed by atoms with Crippen molar-refractivity contribution in [1.29, 1.82) is 0 Å². The highest BCUT2D eigenvalue weighted by Gasteiger charge is 2.44. The summed E-state index contributed by atoms with van der Waals surface area (Å²) in [4.78, 5) is 10.9. The van der Waals surface area contributed by atoms with Crippen molar-refractivity contribution >= 4 is 16.0 Å². The second-order valence-corrected chi connectivity index (χ2v) is 7.37. The van der Waals surface area contributed by atoms with E-state index in [0.717, 1.165) is 4.31 Å². The molecule has 0 aliphatic carbocycles. The van der Waals surface area contributed by atoms with Gasteiger partial charge in [-0.1, -0.05) is 0 Å². The molecule has 0 spiro atoms. The molecule has 0 aromatic rings. The van der Waals surface area contributed by atoms with Crippen molar-refractivity contribution in [3.63, 3.8) is 0 Å². The quantitative estimate of drug-likeness (QED) is 0.763. The summed E-state index contributed by atoms with van der Waals surface area (Å²) in [7, 11) is -3.52. The topological polar surface area (TPSA) is 74.7 Å². The van der Waals surface area contributed by atoms with Gasteiger partial charge in [0.25, 0.3) is 0 Å². The van der Waals surface area contributed by atoms with E-state index in [9.17, 15) is 13.2 Å². The lowest BCUT2D eigenvalue weighted by Crippen LogP contribution is -2.47. The SMILES string of the molecule is CC(C)(C)S(=O)(=O)N1CCCC1C(=O)O. The first-order valence-corrected chi connectivity index (χ1v) is 6.36. The van der Waals surface area contributed by atoms with Crippen molar-refractivity contribution in [2.24, 2.45) is 0 Å². The van der Waals surface area contributed by atoms with Crippen molar-refractivity contribution in [1.82, 2.24) is 4.31 Å². The highest BCUT2D eigenvalue weighted by Crippen LogP contribution is 2.28. The number of hydrogen-bond donors (Lipinski definition) is 1. The fraction of sp³-hybridized carbons (Fsp3) is 0.889. The molecule has 88 valence electrons. The molecule has 0 aromatic heterocycles. The minimum absolute atomic E-state index is 0.316. The van der Waals surface area contributed by atoms with Gasteiger partial charge in [-0.2, -0.15) is 4.31 Å². The third kappa shape index (κ3) is 2.15. The molecule has 1 aliphatic rings. The van der Waals surface area contributed by atoms with E-state index in [0.29, 0.717) is 19.4 Å². The standard InChI is InChI=1S/C9H17NO4S/c1-9(2,3)15(13,14)10-6-4-5-7(10)8(11)12/h7H,4-6H2,1-3H3,(H,11,12). The zero-order valence-electron chi connectivity index (χ0n) is 9.23. The molecule has 6 heteroatoms. The number of nitrogens with zero attached hydrogens (tertiary/aromatic N) is 1. The summed E-state index contributed by atoms with van der Waals surface area (Å²) in [5.41, 5.74) is 0. The van der Waals surface area contributed by atoms with E-state index < -0.39 is 26.8 Å². The molecule has 1 unspecified atom stereocenters. The number of carbonyl (C=O) groups is 1. The van der Waals surface area contributed by atoms with E-state index in [4.69, 9.17) is 5.11 Å². The predicted octanol–water partition coefficient (Wildman–Crippen LogP) is 0.664. The van der Waals surface area contributed by atoms with Crippen molar-refractivity contribution in [3.8, 4) is 0 Å². The van der Waals surface area contributed by atoms with Crippen LogP contribution in [0, 0.1) is 0 Å². The van der Waals surface area contributed by atoms with E-state index in [1.165, 1.54) is 0 Å². The molecule has 1 atom stereocenters. The first-order valence-electron chi connectivity index (χ1n) is 4.92. The van der Waals surface area contributed by atoms with Crippen LogP contribution in [0.25, 0.3) is 0 Å². The summed E-state index contributed by atoms with van der Waals surface area (Å²) < 4.78 is 24.2. The number of sulfonamides is 1. The van der Waals surface area contributed by atoms with Gasteiger partial charge in [0, 0.05) is 6.54 Å². The molecular formula is C9H17NO4S. The monoisotopic (exact) mass is 235 g/mol. The Morgan fingerprint density at radius 1 is 1.40 bits per heavy atom. The Morgan fingerprint density at radius 2 is 1.93 bits per heavy atom. The summed E-state index contributed by atoms with van der Waals surface area (Å²) in [6.45, 7) is 5.06. The normalized spacial score (nSPS) is 24.3. The van der Waals surface area contributed by atoms with Crippen LogP contribution in [0.5, 0.6) is 0 Å². The molecule has 1 aliphatic heterocycles. The molecule has 1 N–H and O–H groups in total. The van der Waals surface area contributed by atoms with Crippen LogP contribution in [0.1, 0.15) is 33.6 Å². The Morgan fingerprint density at radius 3 is 2.33 bits per heavy atom. The lowest BCUT2D eigenvalue weighted by atomic mass is 10.2. The summed E-state index contributed by atoms with van der Waals surface area (Å²) in [5.74, 6) is -1.06. The van der Waals surface area contributed by atoms with Gasteiger partial charge in [0.2, 0.25) is 10.0 Å². The lowest BCUT2D eigenvalue weighted by molar-refractivity contribution is -0.140. The maximum atomic E-state index is 12.0. The average molecular weight is 235 g/mol. The molecule has 15 heavy (non-hydrogen) atoms. The van der Waals surface area contributed by atoms with Gasteiger partial charge >= 0.3 is 5.97 Å². The first-order chi connectivity index (χ1) is 6.68. The van der Waals surface area contributed by atoms with Crippen LogP contribution < -0.4 is 0 Å². The van der Waals surface area contributed by atoms with Crippen LogP contribution >= 0.6 is 0 Å². The van der Waals surface area contributed by atoms with Gasteiger partial charge in [-0.3, -0.25) is 4.79 Å². The van der Waals surface area contributed by atoms with Gasteiger partial charge in [0.05, 0.1) is 4.75 Å². The van der Waals surface area contributed by atoms with Gasteiger partial charge < -0.3 is 5.11 Å². The van der Waals surface area contributed by atoms with Crippen molar-refractivity contribution in [2.75, 3.05) is 6.54 Å². The van der Waals surface area contributed by atoms with Crippen LogP contribution in [0.2, 0.25) is 0 Å². The maximum absolute atomic E-state index is 12.0. The largest absolute Gasteiger partial charge is 0.480 e. The molecule has 0 bridgehead atoms. The van der Waals surface area contributed by atoms with Crippen LogP contribution in [0.15, 0.2) is 0 Å². The highest BCUT2D eigenvalue weighted by molar-refractivity contribution is 7.90. The number of rotatable bonds is 2. The van der Waals surface area contributed by atoms with E-state index >= 15 is 0 Å². The van der Waals surface area contributed by atoms with Crippen molar-refractivity contribution in [3.05, 3.63) is 0 Å². The Kier molecular flexibility index (Phi) is 3.11. The molecule has 0 amide bonds. The fourth-order valence-corrected chi connectivity index (χ4v) is 3.23. The van der Waals surface area contributed by atoms with E-state index in [1.807, 2.05) is 0 Å². The third-order valence-corrected chi connectivity index (χ3v) is 5.17. The van der Waals surface area contributed by atoms with Gasteiger partial charge in [0.1, 0.15) is 6.04 Å². The van der Waals surface area contributed by atoms with E-state index in [-0.39, 0.29) is 0 Å². The molecule has 0 saturated carbocycles.